The van der Waals surface area contributed by atoms with Crippen molar-refractivity contribution in [1.29, 1.82) is 0 Å². The molecule has 1 aromatic heterocycles. The number of hydrogen-bond acceptors (Lipinski definition) is 15. The monoisotopic (exact) mass is 1220 g/mol. The van der Waals surface area contributed by atoms with Gasteiger partial charge in [-0.15, -0.1) is 12.4 Å². The highest BCUT2D eigenvalue weighted by molar-refractivity contribution is 6.61. The van der Waals surface area contributed by atoms with Gasteiger partial charge in [-0.3, -0.25) is 19.4 Å². The van der Waals surface area contributed by atoms with E-state index in [2.05, 4.69) is 35.8 Å². The average molecular weight is 1220 g/mol. The fourth-order valence-electron chi connectivity index (χ4n) is 9.58. The molecule has 6 unspecified atom stereocenters. The lowest BCUT2D eigenvalue weighted by Crippen LogP contribution is -2.48. The zero-order valence-electron chi connectivity index (χ0n) is 52.6. The summed E-state index contributed by atoms with van der Waals surface area (Å²) in [7, 11) is 0. The van der Waals surface area contributed by atoms with Crippen molar-refractivity contribution in [2.75, 3.05) is 39.3 Å². The van der Waals surface area contributed by atoms with Gasteiger partial charge in [0.15, 0.2) is 0 Å². The molecule has 0 saturated carbocycles. The molecule has 0 bridgehead atoms. The molecule has 6 atom stereocenters. The average Bonchev–Trinajstić information content (AvgIpc) is 3.60. The van der Waals surface area contributed by atoms with Crippen LogP contribution in [0.4, 0.5) is 14.4 Å². The molecule has 85 heavy (non-hydrogen) atoms. The van der Waals surface area contributed by atoms with Crippen LogP contribution in [0.2, 0.25) is 0 Å². The molecule has 4 aromatic rings. The number of pyridine rings is 1. The molecule has 3 fully saturated rings. The summed E-state index contributed by atoms with van der Waals surface area (Å²) in [6, 6.07) is 30.7. The Kier molecular flexibility index (Phi) is 33.5. The minimum atomic E-state index is -0.770. The quantitative estimate of drug-likeness (QED) is 0.0766. The third-order valence-electron chi connectivity index (χ3n) is 12.7. The number of aromatic nitrogens is 1. The molecule has 472 valence electrons. The predicted octanol–water partition coefficient (Wildman–Crippen LogP) is 13.2. The smallest absolute Gasteiger partial charge is 0.410 e. The number of nitrogens with zero attached hydrogens (tertiary/aromatic N) is 3. The first kappa shape index (κ1) is 74.8. The summed E-state index contributed by atoms with van der Waals surface area (Å²) in [6.07, 6.45) is 7.07. The number of benzene rings is 3. The van der Waals surface area contributed by atoms with Gasteiger partial charge in [0.05, 0.1) is 12.8 Å². The molecule has 0 aliphatic carbocycles. The highest BCUT2D eigenvalue weighted by Gasteiger charge is 2.32. The Labute approximate surface area is 517 Å². The van der Waals surface area contributed by atoms with Gasteiger partial charge in [-0.05, 0) is 159 Å². The Hall–Kier alpha value is -6.27. The van der Waals surface area contributed by atoms with Crippen LogP contribution < -0.4 is 11.1 Å². The standard InChI is InChI=1S/C20H29NO4.C14H20N2O2.C12H23NO2.C12H17NO2.C8H7ClO2.ClH/c1-15-10-17(11-18(22)25-20(2,3)4)13-21(12-15)19(23)24-14-16-8-6-5-7-9-16;1-11-7-13(15)9-16(8-11)14(17)18-10-12-5-3-2-4-6-12;2*1-9-5-10(8-13-7-9)6-11(14)15-12(2,3)4;9-8(10)11-6-7-4-2-1-3-5-7;/h5-9,15,17H,10-14H2,1-4H3;2-6,11,13H,7-10,15H2,1H3;9-10,13H,5-8H2,1-4H3;5,7-8H,6H2,1-4H3;1-5H,6H2;1H. The lowest BCUT2D eigenvalue weighted by molar-refractivity contribution is -0.157. The summed E-state index contributed by atoms with van der Waals surface area (Å²) in [5, 5.41) is 3.35. The molecule has 3 aromatic carbocycles. The lowest BCUT2D eigenvalue weighted by atomic mass is 9.88. The number of rotatable bonds is 12. The Morgan fingerprint density at radius 1 is 0.541 bits per heavy atom. The van der Waals surface area contributed by atoms with Crippen LogP contribution >= 0.6 is 24.0 Å². The van der Waals surface area contributed by atoms with Crippen molar-refractivity contribution in [2.45, 2.75) is 171 Å². The molecule has 0 spiro atoms. The van der Waals surface area contributed by atoms with Crippen LogP contribution in [0.15, 0.2) is 109 Å². The van der Waals surface area contributed by atoms with E-state index in [1.165, 1.54) is 0 Å². The highest BCUT2D eigenvalue weighted by atomic mass is 35.5. The maximum Gasteiger partial charge on any atom is 0.410 e. The molecular weight excluding hydrogens is 1130 g/mol. The van der Waals surface area contributed by atoms with Crippen LogP contribution in [0, 0.1) is 36.5 Å². The Bertz CT molecular complexity index is 2590. The van der Waals surface area contributed by atoms with E-state index in [-0.39, 0.29) is 79.7 Å². The topological polar surface area (TPSA) is 215 Å². The van der Waals surface area contributed by atoms with E-state index in [1.807, 2.05) is 166 Å². The van der Waals surface area contributed by atoms with Crippen molar-refractivity contribution >= 4 is 59.5 Å². The van der Waals surface area contributed by atoms with E-state index in [1.54, 1.807) is 22.2 Å². The molecule has 17 nitrogen and oxygen atoms in total. The highest BCUT2D eigenvalue weighted by Crippen LogP contribution is 2.27. The molecule has 7 rings (SSSR count). The molecule has 3 aliphatic heterocycles. The SMILES string of the molecule is CC1CC(CC(=O)OC(C)(C)C)CN(C(=O)OCc2ccccc2)C1.CC1CC(N)CN(C(=O)OCc2ccccc2)C1.CC1CNCC(CC(=O)OC(C)(C)C)C1.Cc1cncc(CC(=O)OC(C)(C)C)c1.Cl.O=C(Cl)OCc1ccccc1. The van der Waals surface area contributed by atoms with Gasteiger partial charge < -0.3 is 49.3 Å². The molecule has 19 heteroatoms. The summed E-state index contributed by atoms with van der Waals surface area (Å²) in [5.41, 5.74) is 8.72. The number of hydrogen-bond donors (Lipinski definition) is 2. The first-order valence-electron chi connectivity index (χ1n) is 29.2. The van der Waals surface area contributed by atoms with E-state index in [0.717, 1.165) is 66.7 Å². The van der Waals surface area contributed by atoms with Crippen LogP contribution in [0.5, 0.6) is 0 Å². The van der Waals surface area contributed by atoms with Gasteiger partial charge in [0.1, 0.15) is 36.6 Å². The van der Waals surface area contributed by atoms with E-state index in [0.29, 0.717) is 62.8 Å². The largest absolute Gasteiger partial charge is 0.460 e. The normalized spacial score (nSPS) is 19.2. The number of amides is 2. The summed E-state index contributed by atoms with van der Waals surface area (Å²) in [6.45, 7) is 30.7. The van der Waals surface area contributed by atoms with Gasteiger partial charge >= 0.3 is 35.5 Å². The van der Waals surface area contributed by atoms with Crippen LogP contribution in [0.1, 0.15) is 143 Å². The Morgan fingerprint density at radius 2 is 0.953 bits per heavy atom. The third kappa shape index (κ3) is 35.7. The molecular formula is C66H97Cl2N5O12. The molecule has 0 radical (unpaired) electrons. The summed E-state index contributed by atoms with van der Waals surface area (Å²) in [4.78, 5) is 77.0. The van der Waals surface area contributed by atoms with Gasteiger partial charge in [0.2, 0.25) is 0 Å². The zero-order valence-corrected chi connectivity index (χ0v) is 54.1. The van der Waals surface area contributed by atoms with Crippen LogP contribution in [0.25, 0.3) is 0 Å². The fourth-order valence-corrected chi connectivity index (χ4v) is 9.64. The van der Waals surface area contributed by atoms with Crippen molar-refractivity contribution in [3.8, 4) is 0 Å². The van der Waals surface area contributed by atoms with Crippen molar-refractivity contribution < 1.29 is 57.2 Å². The van der Waals surface area contributed by atoms with Crippen molar-refractivity contribution in [1.82, 2.24) is 20.1 Å². The molecule has 3 saturated heterocycles. The number of esters is 3. The summed E-state index contributed by atoms with van der Waals surface area (Å²) < 4.78 is 31.2. The maximum absolute atomic E-state index is 12.4. The van der Waals surface area contributed by atoms with Gasteiger partial charge in [-0.1, -0.05) is 118 Å². The second kappa shape index (κ2) is 38.0. The van der Waals surface area contributed by atoms with Crippen LogP contribution in [-0.4, -0.2) is 112 Å². The number of nitrogens with two attached hydrogens (primary N) is 1. The van der Waals surface area contributed by atoms with Crippen molar-refractivity contribution in [3.05, 3.63) is 137 Å². The summed E-state index contributed by atoms with van der Waals surface area (Å²) in [5.74, 6) is 1.53. The lowest BCUT2D eigenvalue weighted by Gasteiger charge is -2.35. The number of carbonyl (C=O) groups excluding carboxylic acids is 6. The van der Waals surface area contributed by atoms with Gasteiger partial charge in [-0.2, -0.15) is 0 Å². The van der Waals surface area contributed by atoms with Crippen LogP contribution in [-0.2, 0) is 69.0 Å². The van der Waals surface area contributed by atoms with E-state index in [4.69, 9.17) is 41.0 Å². The number of halogens is 2. The van der Waals surface area contributed by atoms with Crippen molar-refractivity contribution in [3.63, 3.8) is 0 Å². The van der Waals surface area contributed by atoms with Crippen LogP contribution in [0.3, 0.4) is 0 Å². The van der Waals surface area contributed by atoms with E-state index in [9.17, 15) is 28.8 Å². The molecule has 2 amide bonds. The predicted molar refractivity (Wildman–Crippen MR) is 335 cm³/mol. The molecule has 3 aliphatic rings. The molecule has 4 heterocycles. The Balaban J connectivity index is 0.000000371. The number of carbonyl (C=O) groups is 6. The van der Waals surface area contributed by atoms with Crippen molar-refractivity contribution in [2.24, 2.45) is 35.3 Å². The number of aryl methyl sites for hydroxylation is 1. The van der Waals surface area contributed by atoms with Gasteiger partial charge in [0, 0.05) is 62.6 Å². The van der Waals surface area contributed by atoms with Gasteiger partial charge in [0.25, 0.3) is 0 Å². The minimum Gasteiger partial charge on any atom is -0.460 e. The number of nitrogens with one attached hydrogen (secondary N) is 1. The Morgan fingerprint density at radius 3 is 1.38 bits per heavy atom. The first-order valence-corrected chi connectivity index (χ1v) is 29.6. The fraction of sp³-hybridized carbons (Fsp3) is 0.561. The zero-order chi connectivity index (χ0) is 62.5. The molecule has 3 N–H and O–H groups in total. The first-order chi connectivity index (χ1) is 39.4. The number of likely N-dealkylation sites (tertiary alicyclic amines) is 2. The van der Waals surface area contributed by atoms with Gasteiger partial charge in [-0.25, -0.2) is 14.4 Å². The second-order valence-corrected chi connectivity index (χ2v) is 25.6. The number of piperidine rings is 3. The van der Waals surface area contributed by atoms with E-state index < -0.39 is 16.6 Å². The maximum atomic E-state index is 12.4. The third-order valence-corrected chi connectivity index (χ3v) is 12.8. The summed E-state index contributed by atoms with van der Waals surface area (Å²) >= 11 is 4.97. The second-order valence-electron chi connectivity index (χ2n) is 25.3. The minimum absolute atomic E-state index is 0. The van der Waals surface area contributed by atoms with E-state index >= 15 is 0 Å². The number of ether oxygens (including phenoxy) is 6.